The van der Waals surface area contributed by atoms with Crippen LogP contribution >= 0.6 is 46.6 Å². The minimum Gasteiger partial charge on any atom is -0.394 e. The lowest BCUT2D eigenvalue weighted by atomic mass is 9.97. The highest BCUT2D eigenvalue weighted by atomic mass is 35.5. The number of hydrogen-bond donors (Lipinski definition) is 3. The molecular formula is C20H15Cl3F3N3O4S. The second-order valence-corrected chi connectivity index (χ2v) is 9.72. The number of hydrogen-bond acceptors (Lipinski definition) is 7. The summed E-state index contributed by atoms with van der Waals surface area (Å²) in [6.07, 6.45) is -2.71. The maximum Gasteiger partial charge on any atom is 0.194 e. The van der Waals surface area contributed by atoms with Crippen molar-refractivity contribution in [3.8, 4) is 11.3 Å². The van der Waals surface area contributed by atoms with Gasteiger partial charge in [0.1, 0.15) is 35.5 Å². The zero-order chi connectivity index (χ0) is 24.7. The molecule has 4 rings (SSSR count). The van der Waals surface area contributed by atoms with Crippen LogP contribution < -0.4 is 0 Å². The highest BCUT2D eigenvalue weighted by Crippen LogP contribution is 2.41. The summed E-state index contributed by atoms with van der Waals surface area (Å²) < 4.78 is 47.3. The van der Waals surface area contributed by atoms with Crippen molar-refractivity contribution < 1.29 is 33.2 Å². The van der Waals surface area contributed by atoms with Crippen molar-refractivity contribution in [2.75, 3.05) is 6.61 Å². The Balaban J connectivity index is 1.64. The molecule has 0 amide bonds. The van der Waals surface area contributed by atoms with Crippen LogP contribution in [0.1, 0.15) is 6.04 Å². The van der Waals surface area contributed by atoms with Gasteiger partial charge in [-0.25, -0.2) is 17.9 Å². The Morgan fingerprint density at radius 1 is 1.00 bits per heavy atom. The van der Waals surface area contributed by atoms with Gasteiger partial charge in [0.25, 0.3) is 0 Å². The fraction of sp³-hybridized carbons (Fsp3) is 0.300. The molecule has 0 radical (unpaired) electrons. The molecule has 0 bridgehead atoms. The number of nitrogens with zero attached hydrogens (tertiary/aromatic N) is 3. The van der Waals surface area contributed by atoms with Crippen LogP contribution in [-0.2, 0) is 4.74 Å². The normalized spacial score (nSPS) is 25.0. The van der Waals surface area contributed by atoms with Crippen molar-refractivity contribution in [3.05, 3.63) is 63.0 Å². The van der Waals surface area contributed by atoms with Crippen LogP contribution in [0.25, 0.3) is 11.3 Å². The van der Waals surface area contributed by atoms with E-state index in [1.54, 1.807) is 0 Å². The summed E-state index contributed by atoms with van der Waals surface area (Å²) in [6, 6.07) is 3.34. The van der Waals surface area contributed by atoms with Crippen LogP contribution in [0, 0.1) is 17.5 Å². The fourth-order valence-electron chi connectivity index (χ4n) is 3.47. The van der Waals surface area contributed by atoms with Crippen molar-refractivity contribution in [1.82, 2.24) is 15.0 Å². The predicted octanol–water partition coefficient (Wildman–Crippen LogP) is 4.10. The molecule has 1 aliphatic heterocycles. The highest BCUT2D eigenvalue weighted by Gasteiger charge is 2.46. The number of thioether (sulfide) groups is 1. The Hall–Kier alpha value is -1.57. The largest absolute Gasteiger partial charge is 0.394 e. The second kappa shape index (κ2) is 10.2. The maximum absolute atomic E-state index is 13.6. The number of halogens is 6. The van der Waals surface area contributed by atoms with Crippen LogP contribution in [0.5, 0.6) is 0 Å². The minimum absolute atomic E-state index is 0.0373. The van der Waals surface area contributed by atoms with E-state index in [4.69, 9.17) is 39.5 Å². The van der Waals surface area contributed by atoms with Crippen molar-refractivity contribution >= 4 is 46.6 Å². The van der Waals surface area contributed by atoms with Crippen LogP contribution in [0.4, 0.5) is 13.2 Å². The Morgan fingerprint density at radius 2 is 1.62 bits per heavy atom. The number of aromatic nitrogens is 3. The topological polar surface area (TPSA) is 101 Å². The molecule has 2 heterocycles. The monoisotopic (exact) mass is 555 g/mol. The van der Waals surface area contributed by atoms with E-state index in [0.29, 0.717) is 4.90 Å². The van der Waals surface area contributed by atoms with Crippen molar-refractivity contribution in [3.63, 3.8) is 0 Å². The Morgan fingerprint density at radius 3 is 2.21 bits per heavy atom. The van der Waals surface area contributed by atoms with E-state index in [2.05, 4.69) is 10.3 Å². The SMILES string of the molecule is OCC1O[C@H](Sc2cc(Cl)c(Cl)c(Cl)c2)C(O)[C@@H](n2cc(-c3cc(F)c(F)c(F)c3)nn2)[C@H]1O. The van der Waals surface area contributed by atoms with Crippen molar-refractivity contribution in [2.45, 2.75) is 34.7 Å². The quantitative estimate of drug-likeness (QED) is 0.407. The van der Waals surface area contributed by atoms with Gasteiger partial charge in [0.15, 0.2) is 17.5 Å². The second-order valence-electron chi connectivity index (χ2n) is 7.35. The van der Waals surface area contributed by atoms with Gasteiger partial charge in [0.05, 0.1) is 27.9 Å². The Kier molecular flexibility index (Phi) is 7.65. The van der Waals surface area contributed by atoms with Crippen LogP contribution in [0.3, 0.4) is 0 Å². The van der Waals surface area contributed by atoms with E-state index in [9.17, 15) is 28.5 Å². The van der Waals surface area contributed by atoms with E-state index >= 15 is 0 Å². The molecule has 5 atom stereocenters. The molecule has 0 spiro atoms. The van der Waals surface area contributed by atoms with E-state index < -0.39 is 53.8 Å². The third kappa shape index (κ3) is 4.89. The molecular weight excluding hydrogens is 542 g/mol. The predicted molar refractivity (Wildman–Crippen MR) is 119 cm³/mol. The van der Waals surface area contributed by atoms with Crippen molar-refractivity contribution in [2.24, 2.45) is 0 Å². The average Bonchev–Trinajstić information content (AvgIpc) is 3.27. The molecule has 2 aromatic carbocycles. The fourth-order valence-corrected chi connectivity index (χ4v) is 5.33. The summed E-state index contributed by atoms with van der Waals surface area (Å²) in [4.78, 5) is 0.492. The standard InChI is InChI=1S/C20H15Cl3F3N3O4S/c21-9-3-8(4-10(22)15(9)23)34-20-19(32)17(18(31)14(6-30)33-20)29-5-13(27-28-29)7-1-11(24)16(26)12(25)2-7/h1-5,14,17-20,30-32H,6H2/t14?,17-,18-,19?,20+/m0/s1. The summed E-state index contributed by atoms with van der Waals surface area (Å²) in [6.45, 7) is -0.584. The van der Waals surface area contributed by atoms with Gasteiger partial charge in [-0.1, -0.05) is 51.8 Å². The van der Waals surface area contributed by atoms with Gasteiger partial charge in [-0.05, 0) is 24.3 Å². The Labute approximate surface area is 210 Å². The summed E-state index contributed by atoms with van der Waals surface area (Å²) >= 11 is 19.1. The lowest BCUT2D eigenvalue weighted by Gasteiger charge is -2.41. The van der Waals surface area contributed by atoms with E-state index in [1.165, 1.54) is 18.3 Å². The van der Waals surface area contributed by atoms with E-state index in [0.717, 1.165) is 28.6 Å². The third-order valence-electron chi connectivity index (χ3n) is 5.15. The first-order valence-electron chi connectivity index (χ1n) is 9.61. The van der Waals surface area contributed by atoms with Gasteiger partial charge >= 0.3 is 0 Å². The number of aliphatic hydroxyl groups is 3. The first-order chi connectivity index (χ1) is 16.1. The number of benzene rings is 2. The van der Waals surface area contributed by atoms with Crippen LogP contribution in [0.15, 0.2) is 35.4 Å². The smallest absolute Gasteiger partial charge is 0.194 e. The molecule has 182 valence electrons. The van der Waals surface area contributed by atoms with Gasteiger partial charge in [-0.2, -0.15) is 0 Å². The third-order valence-corrected chi connectivity index (χ3v) is 7.48. The molecule has 1 aliphatic rings. The number of ether oxygens (including phenoxy) is 1. The zero-order valence-electron chi connectivity index (χ0n) is 16.7. The van der Waals surface area contributed by atoms with Gasteiger partial charge in [-0.15, -0.1) is 5.10 Å². The molecule has 34 heavy (non-hydrogen) atoms. The molecule has 0 aliphatic carbocycles. The average molecular weight is 557 g/mol. The van der Waals surface area contributed by atoms with Crippen molar-refractivity contribution in [1.29, 1.82) is 0 Å². The first kappa shape index (κ1) is 25.5. The molecule has 3 aromatic rings. The molecule has 2 unspecified atom stereocenters. The minimum atomic E-state index is -1.63. The van der Waals surface area contributed by atoms with Gasteiger partial charge in [-0.3, -0.25) is 0 Å². The highest BCUT2D eigenvalue weighted by molar-refractivity contribution is 7.99. The number of aliphatic hydroxyl groups excluding tert-OH is 3. The lowest BCUT2D eigenvalue weighted by Crippen LogP contribution is -2.55. The molecule has 3 N–H and O–H groups in total. The molecule has 0 saturated carbocycles. The molecule has 7 nitrogen and oxygen atoms in total. The number of rotatable bonds is 5. The van der Waals surface area contributed by atoms with Gasteiger partial charge in [0, 0.05) is 10.5 Å². The van der Waals surface area contributed by atoms with Crippen LogP contribution in [-0.4, -0.2) is 60.7 Å². The van der Waals surface area contributed by atoms with Gasteiger partial charge < -0.3 is 20.1 Å². The summed E-state index contributed by atoms with van der Waals surface area (Å²) in [5.74, 6) is -4.44. The van der Waals surface area contributed by atoms with E-state index in [1.807, 2.05) is 0 Å². The summed E-state index contributed by atoms with van der Waals surface area (Å²) in [7, 11) is 0. The zero-order valence-corrected chi connectivity index (χ0v) is 19.8. The van der Waals surface area contributed by atoms with Gasteiger partial charge in [0.2, 0.25) is 0 Å². The molecule has 1 fully saturated rings. The first-order valence-corrected chi connectivity index (χ1v) is 11.6. The lowest BCUT2D eigenvalue weighted by molar-refractivity contribution is -0.178. The van der Waals surface area contributed by atoms with E-state index in [-0.39, 0.29) is 26.3 Å². The maximum atomic E-state index is 13.6. The molecule has 1 aromatic heterocycles. The Bertz CT molecular complexity index is 1170. The molecule has 1 saturated heterocycles. The summed E-state index contributed by atoms with van der Waals surface area (Å²) in [5, 5.41) is 39.5. The summed E-state index contributed by atoms with van der Waals surface area (Å²) in [5.41, 5.74) is -1.16. The molecule has 14 heteroatoms. The van der Waals surface area contributed by atoms with Crippen LogP contribution in [0.2, 0.25) is 15.1 Å².